The van der Waals surface area contributed by atoms with Crippen molar-refractivity contribution >= 4 is 5.97 Å². The van der Waals surface area contributed by atoms with Crippen molar-refractivity contribution < 1.29 is 14.6 Å². The van der Waals surface area contributed by atoms with E-state index in [0.29, 0.717) is 0 Å². The van der Waals surface area contributed by atoms with E-state index in [1.165, 1.54) is 7.11 Å². The van der Waals surface area contributed by atoms with Crippen LogP contribution in [0.2, 0.25) is 0 Å². The van der Waals surface area contributed by atoms with Crippen LogP contribution in [0, 0.1) is 5.92 Å². The van der Waals surface area contributed by atoms with Crippen LogP contribution in [0.25, 0.3) is 0 Å². The number of hydrogen-bond acceptors (Lipinski definition) is 2. The van der Waals surface area contributed by atoms with E-state index < -0.39 is 12.1 Å². The van der Waals surface area contributed by atoms with Gasteiger partial charge in [0.25, 0.3) is 0 Å². The summed E-state index contributed by atoms with van der Waals surface area (Å²) in [6, 6.07) is 0. The molecule has 11 heavy (non-hydrogen) atoms. The van der Waals surface area contributed by atoms with E-state index in [-0.39, 0.29) is 5.92 Å². The third-order valence-electron chi connectivity index (χ3n) is 2.33. The average Bonchev–Trinajstić information content (AvgIpc) is 2.40. The molecule has 0 aromatic heterocycles. The van der Waals surface area contributed by atoms with Gasteiger partial charge in [-0.05, 0) is 18.8 Å². The molecule has 1 N–H and O–H groups in total. The molecule has 3 nitrogen and oxygen atoms in total. The van der Waals surface area contributed by atoms with Crippen molar-refractivity contribution in [1.82, 2.24) is 0 Å². The fourth-order valence-electron chi connectivity index (χ4n) is 1.76. The smallest absolute Gasteiger partial charge is 0.333 e. The predicted molar refractivity (Wildman–Crippen MR) is 40.4 cm³/mol. The van der Waals surface area contributed by atoms with Crippen molar-refractivity contribution in [3.05, 3.63) is 0 Å². The van der Waals surface area contributed by atoms with Gasteiger partial charge in [-0.1, -0.05) is 12.8 Å². The number of carboxylic acids is 1. The second-order valence-electron chi connectivity index (χ2n) is 3.04. The molecule has 0 aromatic carbocycles. The summed E-state index contributed by atoms with van der Waals surface area (Å²) in [4.78, 5) is 10.6. The average molecular weight is 158 g/mol. The molecule has 0 heterocycles. The van der Waals surface area contributed by atoms with Gasteiger partial charge in [-0.3, -0.25) is 0 Å². The Kier molecular flexibility index (Phi) is 2.88. The van der Waals surface area contributed by atoms with E-state index in [1.807, 2.05) is 0 Å². The van der Waals surface area contributed by atoms with Crippen LogP contribution < -0.4 is 0 Å². The highest BCUT2D eigenvalue weighted by Crippen LogP contribution is 2.28. The molecule has 1 aliphatic carbocycles. The van der Waals surface area contributed by atoms with E-state index in [9.17, 15) is 4.79 Å². The lowest BCUT2D eigenvalue weighted by molar-refractivity contribution is -0.151. The maximum atomic E-state index is 10.6. The molecule has 1 aliphatic rings. The summed E-state index contributed by atoms with van der Waals surface area (Å²) < 4.78 is 4.90. The zero-order valence-corrected chi connectivity index (χ0v) is 6.75. The predicted octanol–water partition coefficient (Wildman–Crippen LogP) is 1.28. The molecule has 0 radical (unpaired) electrons. The number of carboxylic acid groups (broad SMARTS) is 1. The molecule has 0 saturated heterocycles. The maximum absolute atomic E-state index is 10.6. The van der Waals surface area contributed by atoms with E-state index in [2.05, 4.69) is 0 Å². The first-order chi connectivity index (χ1) is 5.25. The topological polar surface area (TPSA) is 46.5 Å². The molecular formula is C8H14O3. The molecular weight excluding hydrogens is 144 g/mol. The molecule has 1 saturated carbocycles. The molecule has 1 fully saturated rings. The number of carbonyl (C=O) groups is 1. The molecule has 0 aliphatic heterocycles. The van der Waals surface area contributed by atoms with Crippen molar-refractivity contribution in [3.63, 3.8) is 0 Å². The van der Waals surface area contributed by atoms with Gasteiger partial charge in [0.05, 0.1) is 0 Å². The molecule has 1 rings (SSSR count). The number of ether oxygens (including phenoxy) is 1. The standard InChI is InChI=1S/C8H14O3/c1-11-7(8(9)10)6-4-2-3-5-6/h6-7H,2-5H2,1H3,(H,9,10). The summed E-state index contributed by atoms with van der Waals surface area (Å²) >= 11 is 0. The van der Waals surface area contributed by atoms with Crippen molar-refractivity contribution in [1.29, 1.82) is 0 Å². The van der Waals surface area contributed by atoms with Gasteiger partial charge in [-0.2, -0.15) is 0 Å². The van der Waals surface area contributed by atoms with Crippen LogP contribution in [0.4, 0.5) is 0 Å². The van der Waals surface area contributed by atoms with Gasteiger partial charge in [-0.25, -0.2) is 4.79 Å². The third kappa shape index (κ3) is 1.93. The van der Waals surface area contributed by atoms with Crippen molar-refractivity contribution in [2.24, 2.45) is 5.92 Å². The number of hydrogen-bond donors (Lipinski definition) is 1. The Hall–Kier alpha value is -0.570. The lowest BCUT2D eigenvalue weighted by Crippen LogP contribution is -2.29. The van der Waals surface area contributed by atoms with Crippen molar-refractivity contribution in [2.75, 3.05) is 7.11 Å². The summed E-state index contributed by atoms with van der Waals surface area (Å²) in [5, 5.41) is 8.71. The van der Waals surface area contributed by atoms with Gasteiger partial charge in [0.15, 0.2) is 6.10 Å². The highest BCUT2D eigenvalue weighted by molar-refractivity contribution is 5.72. The Labute approximate surface area is 66.4 Å². The van der Waals surface area contributed by atoms with Crippen LogP contribution in [-0.4, -0.2) is 24.3 Å². The summed E-state index contributed by atoms with van der Waals surface area (Å²) in [5.74, 6) is -0.572. The minimum absolute atomic E-state index is 0.248. The molecule has 1 unspecified atom stereocenters. The van der Waals surface area contributed by atoms with E-state index in [1.54, 1.807) is 0 Å². The highest BCUT2D eigenvalue weighted by Gasteiger charge is 2.29. The van der Waals surface area contributed by atoms with Gasteiger partial charge >= 0.3 is 5.97 Å². The SMILES string of the molecule is COC(C(=O)O)C1CCCC1. The van der Waals surface area contributed by atoms with E-state index in [0.717, 1.165) is 25.7 Å². The van der Waals surface area contributed by atoms with Gasteiger partial charge in [0, 0.05) is 7.11 Å². The zero-order valence-electron chi connectivity index (χ0n) is 6.75. The third-order valence-corrected chi connectivity index (χ3v) is 2.33. The monoisotopic (exact) mass is 158 g/mol. The molecule has 64 valence electrons. The quantitative estimate of drug-likeness (QED) is 0.673. The van der Waals surface area contributed by atoms with Gasteiger partial charge in [0.2, 0.25) is 0 Å². The Bertz CT molecular complexity index is 138. The summed E-state index contributed by atoms with van der Waals surface area (Å²) in [6.07, 6.45) is 3.74. The number of aliphatic carboxylic acids is 1. The molecule has 0 amide bonds. The Morgan fingerprint density at radius 2 is 2.09 bits per heavy atom. The highest BCUT2D eigenvalue weighted by atomic mass is 16.5. The van der Waals surface area contributed by atoms with Crippen molar-refractivity contribution in [2.45, 2.75) is 31.8 Å². The van der Waals surface area contributed by atoms with Crippen LogP contribution in [0.1, 0.15) is 25.7 Å². The summed E-state index contributed by atoms with van der Waals surface area (Å²) in [5.41, 5.74) is 0. The first kappa shape index (κ1) is 8.53. The Morgan fingerprint density at radius 1 is 1.55 bits per heavy atom. The normalized spacial score (nSPS) is 21.9. The maximum Gasteiger partial charge on any atom is 0.333 e. The summed E-state index contributed by atoms with van der Waals surface area (Å²) in [7, 11) is 1.47. The van der Waals surface area contributed by atoms with Crippen LogP contribution in [-0.2, 0) is 9.53 Å². The fourth-order valence-corrected chi connectivity index (χ4v) is 1.76. The Balaban J connectivity index is 2.46. The molecule has 0 spiro atoms. The van der Waals surface area contributed by atoms with Gasteiger partial charge < -0.3 is 9.84 Å². The Morgan fingerprint density at radius 3 is 2.45 bits per heavy atom. The second kappa shape index (κ2) is 3.72. The minimum Gasteiger partial charge on any atom is -0.479 e. The van der Waals surface area contributed by atoms with Gasteiger partial charge in [-0.15, -0.1) is 0 Å². The molecule has 1 atom stereocenters. The first-order valence-electron chi connectivity index (χ1n) is 4.01. The van der Waals surface area contributed by atoms with Crippen LogP contribution in [0.15, 0.2) is 0 Å². The van der Waals surface area contributed by atoms with Crippen LogP contribution >= 0.6 is 0 Å². The first-order valence-corrected chi connectivity index (χ1v) is 4.01. The van der Waals surface area contributed by atoms with Crippen LogP contribution in [0.3, 0.4) is 0 Å². The lowest BCUT2D eigenvalue weighted by atomic mass is 10.0. The second-order valence-corrected chi connectivity index (χ2v) is 3.04. The lowest BCUT2D eigenvalue weighted by Gasteiger charge is -2.16. The minimum atomic E-state index is -0.820. The summed E-state index contributed by atoms with van der Waals surface area (Å²) in [6.45, 7) is 0. The van der Waals surface area contributed by atoms with E-state index >= 15 is 0 Å². The van der Waals surface area contributed by atoms with Crippen LogP contribution in [0.5, 0.6) is 0 Å². The van der Waals surface area contributed by atoms with E-state index in [4.69, 9.17) is 9.84 Å². The number of rotatable bonds is 3. The largest absolute Gasteiger partial charge is 0.479 e. The fraction of sp³-hybridized carbons (Fsp3) is 0.875. The molecule has 3 heteroatoms. The van der Waals surface area contributed by atoms with Gasteiger partial charge in [0.1, 0.15) is 0 Å². The molecule has 0 aromatic rings. The zero-order chi connectivity index (χ0) is 8.27. The molecule has 0 bridgehead atoms. The van der Waals surface area contributed by atoms with Crippen molar-refractivity contribution in [3.8, 4) is 0 Å². The number of methoxy groups -OCH3 is 1.